The number of aromatic nitrogens is 1. The number of thiophene rings is 1. The lowest BCUT2D eigenvalue weighted by Crippen LogP contribution is -2.24. The predicted molar refractivity (Wildman–Crippen MR) is 131 cm³/mol. The molecule has 0 saturated carbocycles. The van der Waals surface area contributed by atoms with Crippen LogP contribution in [-0.4, -0.2) is 22.7 Å². The second-order valence-corrected chi connectivity index (χ2v) is 10.4. The maximum atomic E-state index is 13.3. The van der Waals surface area contributed by atoms with Crippen molar-refractivity contribution in [2.75, 3.05) is 4.90 Å². The van der Waals surface area contributed by atoms with Crippen LogP contribution >= 0.6 is 11.3 Å². The van der Waals surface area contributed by atoms with Gasteiger partial charge in [0.25, 0.3) is 5.91 Å². The molecule has 0 atom stereocenters. The first-order chi connectivity index (χ1) is 16.1. The van der Waals surface area contributed by atoms with E-state index in [1.165, 1.54) is 4.88 Å². The minimum absolute atomic E-state index is 0.00818. The second-order valence-electron chi connectivity index (χ2n) is 9.38. The van der Waals surface area contributed by atoms with E-state index in [9.17, 15) is 9.59 Å². The molecule has 0 saturated heterocycles. The molecule has 1 aromatic carbocycles. The van der Waals surface area contributed by atoms with Gasteiger partial charge in [-0.2, -0.15) is 0 Å². The van der Waals surface area contributed by atoms with E-state index in [0.29, 0.717) is 23.8 Å². The summed E-state index contributed by atoms with van der Waals surface area (Å²) in [5.41, 5.74) is 4.14. The fourth-order valence-electron chi connectivity index (χ4n) is 3.96. The van der Waals surface area contributed by atoms with Crippen molar-refractivity contribution in [2.24, 2.45) is 15.2 Å². The highest BCUT2D eigenvalue weighted by atomic mass is 32.1. The molecule has 4 heterocycles. The van der Waals surface area contributed by atoms with E-state index in [2.05, 4.69) is 47.2 Å². The third-order valence-corrected chi connectivity index (χ3v) is 7.37. The van der Waals surface area contributed by atoms with Crippen molar-refractivity contribution >= 4 is 46.1 Å². The number of anilines is 1. The van der Waals surface area contributed by atoms with Gasteiger partial charge in [0.15, 0.2) is 5.82 Å². The summed E-state index contributed by atoms with van der Waals surface area (Å²) in [6.45, 7) is 10.7. The van der Waals surface area contributed by atoms with Gasteiger partial charge in [0, 0.05) is 22.2 Å². The number of amides is 2. The quantitative estimate of drug-likeness (QED) is 0.471. The fraction of sp³-hybridized carbons (Fsp3) is 0.280. The zero-order valence-corrected chi connectivity index (χ0v) is 20.4. The lowest BCUT2D eigenvalue weighted by Gasteiger charge is -2.21. The van der Waals surface area contributed by atoms with E-state index in [1.807, 2.05) is 25.1 Å². The number of carbonyl (C=O) groups excluding carboxylic acids is 2. The Labute approximate surface area is 200 Å². The highest BCUT2D eigenvalue weighted by Gasteiger charge is 2.34. The van der Waals surface area contributed by atoms with Gasteiger partial charge >= 0.3 is 5.91 Å². The van der Waals surface area contributed by atoms with Gasteiger partial charge in [-0.05, 0) is 48.6 Å². The number of azo groups is 1. The monoisotopic (exact) mass is 473 g/mol. The predicted octanol–water partition coefficient (Wildman–Crippen LogP) is 5.92. The fourth-order valence-corrected chi connectivity index (χ4v) is 5.14. The van der Waals surface area contributed by atoms with E-state index in [1.54, 1.807) is 35.3 Å². The summed E-state index contributed by atoms with van der Waals surface area (Å²) in [5, 5.41) is 11.7. The largest absolute Gasteiger partial charge is 0.359 e. The number of fused-ring (bicyclic) bond motifs is 1. The van der Waals surface area contributed by atoms with E-state index < -0.39 is 5.91 Å². The Hall–Kier alpha value is -3.72. The van der Waals surface area contributed by atoms with Gasteiger partial charge in [0.05, 0.1) is 17.1 Å². The van der Waals surface area contributed by atoms with E-state index in [-0.39, 0.29) is 17.0 Å². The molecule has 0 bridgehead atoms. The molecule has 2 aliphatic heterocycles. The molecule has 0 spiro atoms. The van der Waals surface area contributed by atoms with Crippen molar-refractivity contribution in [1.82, 2.24) is 5.16 Å². The first-order valence-corrected chi connectivity index (χ1v) is 11.7. The van der Waals surface area contributed by atoms with Crippen LogP contribution in [0.4, 0.5) is 11.5 Å². The minimum atomic E-state index is -0.549. The molecule has 3 aromatic rings. The molecule has 8 nitrogen and oxygen atoms in total. The topological polar surface area (TPSA) is 100 Å². The Balaban J connectivity index is 1.48. The average molecular weight is 474 g/mol. The number of aliphatic imine (C=N–C) groups is 1. The highest BCUT2D eigenvalue weighted by Crippen LogP contribution is 2.40. The number of aryl methyl sites for hydroxylation is 1. The molecule has 0 fully saturated rings. The Morgan fingerprint density at radius 3 is 2.59 bits per heavy atom. The van der Waals surface area contributed by atoms with Gasteiger partial charge in [-0.15, -0.1) is 21.6 Å². The summed E-state index contributed by atoms with van der Waals surface area (Å²) in [7, 11) is 0. The number of rotatable bonds is 3. The van der Waals surface area contributed by atoms with Gasteiger partial charge < -0.3 is 9.42 Å². The van der Waals surface area contributed by atoms with Gasteiger partial charge in [0.2, 0.25) is 0 Å². The molecule has 9 heteroatoms. The molecule has 2 amide bonds. The molecule has 0 N–H and O–H groups in total. The molecule has 0 radical (unpaired) electrons. The first-order valence-electron chi connectivity index (χ1n) is 10.9. The third kappa shape index (κ3) is 3.81. The molecule has 2 aliphatic rings. The number of carbonyl (C=O) groups is 2. The molecular formula is C25H23N5O3S. The standard InChI is InChI=1S/C25H23N5O3S/c1-13-9-21(29-33-13)26-18-11-17(27-28-23(18)31)16-7-6-8-19(14(16)2)30-12-15-10-20(25(3,4)5)34-22(15)24(30)32/h6-11H,12H2,1-5H3. The summed E-state index contributed by atoms with van der Waals surface area (Å²) >= 11 is 1.57. The summed E-state index contributed by atoms with van der Waals surface area (Å²) in [6.07, 6.45) is 1.59. The maximum Gasteiger partial charge on any atom is 0.314 e. The number of hydrogen-bond acceptors (Lipinski definition) is 7. The molecule has 0 unspecified atom stereocenters. The van der Waals surface area contributed by atoms with Crippen LogP contribution in [0.1, 0.15) is 57.8 Å². The summed E-state index contributed by atoms with van der Waals surface area (Å²) in [4.78, 5) is 33.6. The average Bonchev–Trinajstić information content (AvgIpc) is 3.46. The van der Waals surface area contributed by atoms with Crippen molar-refractivity contribution in [1.29, 1.82) is 0 Å². The number of benzene rings is 1. The van der Waals surface area contributed by atoms with Crippen molar-refractivity contribution < 1.29 is 14.1 Å². The van der Waals surface area contributed by atoms with Crippen LogP contribution in [-0.2, 0) is 16.8 Å². The molecular weight excluding hydrogens is 450 g/mol. The van der Waals surface area contributed by atoms with Crippen molar-refractivity contribution in [3.05, 3.63) is 68.6 Å². The molecule has 0 aliphatic carbocycles. The maximum absolute atomic E-state index is 13.3. The SMILES string of the molecule is Cc1cc(N=C2C=C(c3cccc(N4Cc5cc(C(C)(C)C)sc5C4=O)c3C)N=NC2=O)no1. The zero-order valence-electron chi connectivity index (χ0n) is 19.5. The van der Waals surface area contributed by atoms with Crippen molar-refractivity contribution in [2.45, 2.75) is 46.6 Å². The van der Waals surface area contributed by atoms with Crippen LogP contribution in [0.15, 0.2) is 56.2 Å². The Morgan fingerprint density at radius 1 is 1.12 bits per heavy atom. The van der Waals surface area contributed by atoms with Crippen LogP contribution < -0.4 is 4.90 Å². The van der Waals surface area contributed by atoms with Crippen LogP contribution in [0.5, 0.6) is 0 Å². The van der Waals surface area contributed by atoms with Gasteiger partial charge in [0.1, 0.15) is 11.5 Å². The summed E-state index contributed by atoms with van der Waals surface area (Å²) < 4.78 is 5.02. The van der Waals surface area contributed by atoms with Crippen LogP contribution in [0.25, 0.3) is 5.70 Å². The lowest BCUT2D eigenvalue weighted by atomic mass is 9.94. The van der Waals surface area contributed by atoms with Gasteiger partial charge in [-0.3, -0.25) is 9.59 Å². The molecule has 5 rings (SSSR count). The van der Waals surface area contributed by atoms with Crippen molar-refractivity contribution in [3.63, 3.8) is 0 Å². The van der Waals surface area contributed by atoms with Crippen LogP contribution in [0, 0.1) is 13.8 Å². The smallest absolute Gasteiger partial charge is 0.314 e. The zero-order chi connectivity index (χ0) is 24.2. The minimum Gasteiger partial charge on any atom is -0.359 e. The van der Waals surface area contributed by atoms with E-state index >= 15 is 0 Å². The molecule has 172 valence electrons. The molecule has 34 heavy (non-hydrogen) atoms. The second kappa shape index (κ2) is 7.95. The Morgan fingerprint density at radius 2 is 1.91 bits per heavy atom. The third-order valence-electron chi connectivity index (χ3n) is 5.78. The van der Waals surface area contributed by atoms with Crippen LogP contribution in [0.3, 0.4) is 0 Å². The van der Waals surface area contributed by atoms with E-state index in [0.717, 1.165) is 27.3 Å². The van der Waals surface area contributed by atoms with Crippen LogP contribution in [0.2, 0.25) is 0 Å². The normalized spacial score (nSPS) is 17.0. The van der Waals surface area contributed by atoms with Gasteiger partial charge in [-0.25, -0.2) is 4.99 Å². The Kier molecular flexibility index (Phi) is 5.16. The highest BCUT2D eigenvalue weighted by molar-refractivity contribution is 7.14. The lowest BCUT2D eigenvalue weighted by molar-refractivity contribution is -0.112. The van der Waals surface area contributed by atoms with E-state index in [4.69, 9.17) is 4.52 Å². The Bertz CT molecular complexity index is 1430. The number of hydrogen-bond donors (Lipinski definition) is 0. The van der Waals surface area contributed by atoms with Gasteiger partial charge in [-0.1, -0.05) is 38.1 Å². The van der Waals surface area contributed by atoms with Crippen molar-refractivity contribution in [3.8, 4) is 0 Å². The number of nitrogens with zero attached hydrogens (tertiary/aromatic N) is 5. The molecule has 2 aromatic heterocycles. The summed E-state index contributed by atoms with van der Waals surface area (Å²) in [6, 6.07) is 9.48. The first kappa shape index (κ1) is 22.1. The summed E-state index contributed by atoms with van der Waals surface area (Å²) in [5.74, 6) is 0.346.